The molecule has 1 aliphatic carbocycles. The summed E-state index contributed by atoms with van der Waals surface area (Å²) >= 11 is 0. The van der Waals surface area contributed by atoms with Crippen molar-refractivity contribution in [2.45, 2.75) is 77.5 Å². The number of ether oxygens (including phenoxy) is 1. The van der Waals surface area contributed by atoms with E-state index in [-0.39, 0.29) is 17.7 Å². The molecule has 168 valence electrons. The number of amides is 1. The third-order valence-electron chi connectivity index (χ3n) is 6.09. The van der Waals surface area contributed by atoms with Crippen LogP contribution >= 0.6 is 0 Å². The number of carbonyl (C=O) groups excluding carboxylic acids is 1. The molecule has 2 aliphatic rings. The summed E-state index contributed by atoms with van der Waals surface area (Å²) in [5.41, 5.74) is -0.406. The average Bonchev–Trinajstić information content (AvgIpc) is 3.43. The monoisotopic (exact) mass is 409 g/mol. The van der Waals surface area contributed by atoms with Crippen molar-refractivity contribution < 1.29 is 9.53 Å². The number of hydrogen-bond donors (Lipinski definition) is 1. The van der Waals surface area contributed by atoms with Gasteiger partial charge in [-0.2, -0.15) is 0 Å². The maximum atomic E-state index is 12.8. The molecule has 2 rings (SSSR count). The molecule has 0 aromatic heterocycles. The molecule has 29 heavy (non-hydrogen) atoms. The van der Waals surface area contributed by atoms with Crippen molar-refractivity contribution in [2.24, 2.45) is 10.9 Å². The smallest absolute Gasteiger partial charge is 0.410 e. The quantitative estimate of drug-likeness (QED) is 0.540. The Balaban J connectivity index is 1.93. The van der Waals surface area contributed by atoms with Crippen LogP contribution in [-0.2, 0) is 4.74 Å². The highest BCUT2D eigenvalue weighted by Gasteiger charge is 2.35. The van der Waals surface area contributed by atoms with Gasteiger partial charge in [0.05, 0.1) is 0 Å². The molecular formula is C22H43N5O2. The number of nitrogens with zero attached hydrogens (tertiary/aromatic N) is 4. The lowest BCUT2D eigenvalue weighted by Gasteiger charge is -2.41. The van der Waals surface area contributed by atoms with Gasteiger partial charge in [-0.3, -0.25) is 4.99 Å². The summed E-state index contributed by atoms with van der Waals surface area (Å²) < 4.78 is 5.71. The first-order valence-corrected chi connectivity index (χ1v) is 11.1. The SMILES string of the molecule is CN=C(NCC(C)(C)N(C)C)N1CCC(N(CC2CC2)C(=O)OC(C)(C)C)CC1. The molecule has 1 heterocycles. The second-order valence-electron chi connectivity index (χ2n) is 10.4. The molecule has 1 amide bonds. The molecule has 0 bridgehead atoms. The zero-order chi connectivity index (χ0) is 21.8. The maximum absolute atomic E-state index is 12.8. The maximum Gasteiger partial charge on any atom is 0.410 e. The Labute approximate surface area is 177 Å². The van der Waals surface area contributed by atoms with Gasteiger partial charge in [0.25, 0.3) is 0 Å². The zero-order valence-electron chi connectivity index (χ0n) is 19.9. The molecule has 2 fully saturated rings. The first-order valence-electron chi connectivity index (χ1n) is 11.1. The highest BCUT2D eigenvalue weighted by molar-refractivity contribution is 5.80. The van der Waals surface area contributed by atoms with Crippen LogP contribution in [0.3, 0.4) is 0 Å². The van der Waals surface area contributed by atoms with E-state index in [0.29, 0.717) is 5.92 Å². The number of likely N-dealkylation sites (tertiary alicyclic amines) is 1. The van der Waals surface area contributed by atoms with Crippen LogP contribution < -0.4 is 5.32 Å². The third-order valence-corrected chi connectivity index (χ3v) is 6.09. The van der Waals surface area contributed by atoms with Crippen molar-refractivity contribution >= 4 is 12.1 Å². The van der Waals surface area contributed by atoms with E-state index < -0.39 is 5.60 Å². The molecule has 7 heteroatoms. The van der Waals surface area contributed by atoms with Crippen molar-refractivity contribution in [2.75, 3.05) is 47.3 Å². The summed E-state index contributed by atoms with van der Waals surface area (Å²) in [6.07, 6.45) is 4.21. The average molecular weight is 410 g/mol. The van der Waals surface area contributed by atoms with Crippen LogP contribution in [-0.4, -0.2) is 91.3 Å². The van der Waals surface area contributed by atoms with Gasteiger partial charge in [-0.1, -0.05) is 0 Å². The minimum atomic E-state index is -0.454. The second-order valence-corrected chi connectivity index (χ2v) is 10.4. The van der Waals surface area contributed by atoms with Crippen molar-refractivity contribution in [1.82, 2.24) is 20.0 Å². The zero-order valence-corrected chi connectivity index (χ0v) is 19.9. The predicted molar refractivity (Wildman–Crippen MR) is 119 cm³/mol. The molecule has 0 atom stereocenters. The minimum absolute atomic E-state index is 0.0477. The molecule has 1 saturated heterocycles. The molecule has 1 N–H and O–H groups in total. The van der Waals surface area contributed by atoms with Crippen molar-refractivity contribution in [3.05, 3.63) is 0 Å². The standard InChI is InChI=1S/C22H43N5O2/c1-21(2,3)29-20(28)27(15-17-9-10-17)18-11-13-26(14-12-18)19(23-6)24-16-22(4,5)25(7)8/h17-18H,9-16H2,1-8H3,(H,23,24). The number of aliphatic imine (C=N–C) groups is 1. The highest BCUT2D eigenvalue weighted by atomic mass is 16.6. The van der Waals surface area contributed by atoms with E-state index in [0.717, 1.165) is 45.0 Å². The number of nitrogens with one attached hydrogen (secondary N) is 1. The van der Waals surface area contributed by atoms with Crippen LogP contribution in [0.2, 0.25) is 0 Å². The Kier molecular flexibility index (Phi) is 7.82. The van der Waals surface area contributed by atoms with Gasteiger partial charge in [-0.05, 0) is 80.3 Å². The molecule has 0 aromatic carbocycles. The number of guanidine groups is 1. The summed E-state index contributed by atoms with van der Waals surface area (Å²) in [4.78, 5) is 23.8. The number of rotatable bonds is 6. The Morgan fingerprint density at radius 3 is 2.14 bits per heavy atom. The van der Waals surface area contributed by atoms with Gasteiger partial charge in [0.2, 0.25) is 0 Å². The lowest BCUT2D eigenvalue weighted by atomic mass is 10.0. The predicted octanol–water partition coefficient (Wildman–Crippen LogP) is 3.01. The fourth-order valence-electron chi connectivity index (χ4n) is 3.45. The van der Waals surface area contributed by atoms with Crippen molar-refractivity contribution in [3.8, 4) is 0 Å². The van der Waals surface area contributed by atoms with Gasteiger partial charge in [0.15, 0.2) is 5.96 Å². The lowest BCUT2D eigenvalue weighted by Crippen LogP contribution is -2.55. The molecule has 7 nitrogen and oxygen atoms in total. The topological polar surface area (TPSA) is 60.4 Å². The third kappa shape index (κ3) is 7.36. The normalized spacial score (nSPS) is 19.5. The van der Waals surface area contributed by atoms with Gasteiger partial charge >= 0.3 is 6.09 Å². The number of hydrogen-bond acceptors (Lipinski definition) is 4. The molecule has 1 saturated carbocycles. The summed E-state index contributed by atoms with van der Waals surface area (Å²) in [7, 11) is 6.04. The van der Waals surface area contributed by atoms with Gasteiger partial charge in [0.1, 0.15) is 5.60 Å². The van der Waals surface area contributed by atoms with Crippen LogP contribution in [0, 0.1) is 5.92 Å². The molecule has 0 unspecified atom stereocenters. The first-order chi connectivity index (χ1) is 13.4. The molecule has 0 radical (unpaired) electrons. The second kappa shape index (κ2) is 9.54. The van der Waals surface area contributed by atoms with Crippen LogP contribution in [0.25, 0.3) is 0 Å². The van der Waals surface area contributed by atoms with Crippen LogP contribution in [0.1, 0.15) is 60.3 Å². The van der Waals surface area contributed by atoms with Crippen molar-refractivity contribution in [1.29, 1.82) is 0 Å². The fraction of sp³-hybridized carbons (Fsp3) is 0.909. The summed E-state index contributed by atoms with van der Waals surface area (Å²) in [6.45, 7) is 13.7. The van der Waals surface area contributed by atoms with E-state index in [2.05, 4.69) is 48.1 Å². The first kappa shape index (κ1) is 23.8. The molecule has 1 aliphatic heterocycles. The Hall–Kier alpha value is -1.50. The van der Waals surface area contributed by atoms with E-state index in [4.69, 9.17) is 4.74 Å². The number of carbonyl (C=O) groups is 1. The number of likely N-dealkylation sites (N-methyl/N-ethyl adjacent to an activating group) is 1. The lowest BCUT2D eigenvalue weighted by molar-refractivity contribution is 0.00926. The fourth-order valence-corrected chi connectivity index (χ4v) is 3.45. The van der Waals surface area contributed by atoms with E-state index in [1.165, 1.54) is 12.8 Å². The summed E-state index contributed by atoms with van der Waals surface area (Å²) in [6, 6.07) is 0.248. The Morgan fingerprint density at radius 1 is 1.10 bits per heavy atom. The summed E-state index contributed by atoms with van der Waals surface area (Å²) in [5.74, 6) is 1.60. The summed E-state index contributed by atoms with van der Waals surface area (Å²) in [5, 5.41) is 3.53. The number of piperidine rings is 1. The van der Waals surface area contributed by atoms with Crippen LogP contribution in [0.15, 0.2) is 4.99 Å². The van der Waals surface area contributed by atoms with Gasteiger partial charge in [0, 0.05) is 44.8 Å². The van der Waals surface area contributed by atoms with Gasteiger partial charge < -0.3 is 24.8 Å². The van der Waals surface area contributed by atoms with E-state index in [9.17, 15) is 4.79 Å². The van der Waals surface area contributed by atoms with Crippen LogP contribution in [0.4, 0.5) is 4.79 Å². The van der Waals surface area contributed by atoms with Crippen molar-refractivity contribution in [3.63, 3.8) is 0 Å². The molecule has 0 spiro atoms. The largest absolute Gasteiger partial charge is 0.444 e. The molecular weight excluding hydrogens is 366 g/mol. The van der Waals surface area contributed by atoms with Gasteiger partial charge in [-0.15, -0.1) is 0 Å². The Morgan fingerprint density at radius 2 is 1.69 bits per heavy atom. The minimum Gasteiger partial charge on any atom is -0.444 e. The highest BCUT2D eigenvalue weighted by Crippen LogP contribution is 2.32. The van der Waals surface area contributed by atoms with Crippen LogP contribution in [0.5, 0.6) is 0 Å². The van der Waals surface area contributed by atoms with Gasteiger partial charge in [-0.25, -0.2) is 4.79 Å². The van der Waals surface area contributed by atoms with E-state index >= 15 is 0 Å². The Bertz CT molecular complexity index is 570. The van der Waals surface area contributed by atoms with E-state index in [1.807, 2.05) is 32.7 Å². The molecule has 0 aromatic rings. The van der Waals surface area contributed by atoms with E-state index in [1.54, 1.807) is 0 Å².